The summed E-state index contributed by atoms with van der Waals surface area (Å²) in [5.74, 6) is 0.506. The molecule has 0 aliphatic heterocycles. The van der Waals surface area contributed by atoms with Gasteiger partial charge >= 0.3 is 5.97 Å². The fraction of sp³-hybridized carbons (Fsp3) is 0.929. The van der Waals surface area contributed by atoms with Crippen LogP contribution in [0, 0.1) is 5.92 Å². The zero-order chi connectivity index (χ0) is 13.6. The molecule has 0 radical (unpaired) electrons. The van der Waals surface area contributed by atoms with E-state index >= 15 is 0 Å². The second-order valence-electron chi connectivity index (χ2n) is 5.61. The van der Waals surface area contributed by atoms with E-state index in [1.165, 1.54) is 19.3 Å². The van der Waals surface area contributed by atoms with Gasteiger partial charge in [0.2, 0.25) is 0 Å². The summed E-state index contributed by atoms with van der Waals surface area (Å²) < 4.78 is 10.7. The average molecular weight is 257 g/mol. The van der Waals surface area contributed by atoms with Crippen LogP contribution in [0.4, 0.5) is 0 Å². The molecule has 4 nitrogen and oxygen atoms in total. The number of rotatable bonds is 8. The molecule has 1 rings (SSSR count). The zero-order valence-electron chi connectivity index (χ0n) is 11.9. The van der Waals surface area contributed by atoms with Crippen LogP contribution >= 0.6 is 0 Å². The van der Waals surface area contributed by atoms with E-state index in [0.717, 1.165) is 18.9 Å². The highest BCUT2D eigenvalue weighted by atomic mass is 16.5. The number of ether oxygens (including phenoxy) is 2. The molecule has 1 aliphatic rings. The molecule has 0 aromatic heterocycles. The first-order valence-corrected chi connectivity index (χ1v) is 7.03. The van der Waals surface area contributed by atoms with Gasteiger partial charge in [0.05, 0.1) is 12.7 Å². The van der Waals surface area contributed by atoms with Gasteiger partial charge in [-0.05, 0) is 33.1 Å². The molecular formula is C14H27NO3. The Hall–Kier alpha value is -0.610. The lowest BCUT2D eigenvalue weighted by Crippen LogP contribution is -2.48. The Balaban J connectivity index is 2.20. The third-order valence-electron chi connectivity index (χ3n) is 3.61. The quantitative estimate of drug-likeness (QED) is 0.677. The van der Waals surface area contributed by atoms with E-state index in [0.29, 0.717) is 13.0 Å². The smallest absolute Gasteiger partial charge is 0.325 e. The number of carbonyl (C=O) groups is 1. The normalized spacial score (nSPS) is 20.9. The van der Waals surface area contributed by atoms with Crippen LogP contribution in [-0.2, 0) is 14.3 Å². The Labute approximate surface area is 110 Å². The van der Waals surface area contributed by atoms with Gasteiger partial charge in [-0.1, -0.05) is 19.3 Å². The van der Waals surface area contributed by atoms with Gasteiger partial charge < -0.3 is 15.2 Å². The van der Waals surface area contributed by atoms with Gasteiger partial charge in [-0.15, -0.1) is 0 Å². The molecule has 2 unspecified atom stereocenters. The highest BCUT2D eigenvalue weighted by Gasteiger charge is 2.32. The van der Waals surface area contributed by atoms with Gasteiger partial charge in [0.15, 0.2) is 0 Å². The first-order chi connectivity index (χ1) is 8.45. The molecule has 0 amide bonds. The molecule has 0 bridgehead atoms. The van der Waals surface area contributed by atoms with Crippen molar-refractivity contribution in [2.24, 2.45) is 11.7 Å². The van der Waals surface area contributed by atoms with Crippen LogP contribution in [-0.4, -0.2) is 30.8 Å². The highest BCUT2D eigenvalue weighted by molar-refractivity contribution is 5.80. The molecule has 2 atom stereocenters. The number of nitrogens with two attached hydrogens (primary N) is 1. The first-order valence-electron chi connectivity index (χ1n) is 7.03. The molecule has 0 aromatic carbocycles. The maximum atomic E-state index is 11.6. The van der Waals surface area contributed by atoms with Crippen molar-refractivity contribution in [1.82, 2.24) is 0 Å². The maximum Gasteiger partial charge on any atom is 0.325 e. The highest BCUT2D eigenvalue weighted by Crippen LogP contribution is 2.29. The molecular weight excluding hydrogens is 230 g/mol. The Morgan fingerprint density at radius 1 is 1.50 bits per heavy atom. The van der Waals surface area contributed by atoms with E-state index in [2.05, 4.69) is 0 Å². The van der Waals surface area contributed by atoms with Gasteiger partial charge in [-0.3, -0.25) is 4.79 Å². The van der Waals surface area contributed by atoms with Gasteiger partial charge in [-0.2, -0.15) is 0 Å². The lowest BCUT2D eigenvalue weighted by molar-refractivity contribution is -0.150. The summed E-state index contributed by atoms with van der Waals surface area (Å²) in [5.41, 5.74) is 5.01. The van der Waals surface area contributed by atoms with E-state index in [-0.39, 0.29) is 12.1 Å². The number of carbonyl (C=O) groups excluding carboxylic acids is 1. The maximum absolute atomic E-state index is 11.6. The molecule has 2 N–H and O–H groups in total. The lowest BCUT2D eigenvalue weighted by atomic mass is 9.83. The zero-order valence-corrected chi connectivity index (χ0v) is 11.9. The van der Waals surface area contributed by atoms with E-state index < -0.39 is 5.54 Å². The Bertz CT molecular complexity index is 262. The molecule has 0 heterocycles. The monoisotopic (exact) mass is 257 g/mol. The summed E-state index contributed by atoms with van der Waals surface area (Å²) in [4.78, 5) is 11.6. The fourth-order valence-corrected chi connectivity index (χ4v) is 2.25. The topological polar surface area (TPSA) is 61.5 Å². The minimum absolute atomic E-state index is 0.00974. The van der Waals surface area contributed by atoms with Crippen molar-refractivity contribution in [2.45, 2.75) is 64.5 Å². The number of hydrogen-bond acceptors (Lipinski definition) is 4. The predicted octanol–water partition coefficient (Wildman–Crippen LogP) is 2.25. The molecule has 0 spiro atoms. The minimum atomic E-state index is -0.952. The van der Waals surface area contributed by atoms with Crippen LogP contribution in [0.25, 0.3) is 0 Å². The van der Waals surface area contributed by atoms with Crippen molar-refractivity contribution in [2.75, 3.05) is 13.2 Å². The molecule has 18 heavy (non-hydrogen) atoms. The van der Waals surface area contributed by atoms with Crippen LogP contribution in [0.3, 0.4) is 0 Å². The van der Waals surface area contributed by atoms with Crippen molar-refractivity contribution >= 4 is 5.97 Å². The van der Waals surface area contributed by atoms with Gasteiger partial charge in [0, 0.05) is 13.0 Å². The molecule has 0 aromatic rings. The third-order valence-corrected chi connectivity index (χ3v) is 3.61. The molecule has 106 valence electrons. The van der Waals surface area contributed by atoms with E-state index in [1.54, 1.807) is 13.8 Å². The van der Waals surface area contributed by atoms with Crippen molar-refractivity contribution in [3.05, 3.63) is 0 Å². The van der Waals surface area contributed by atoms with Crippen LogP contribution in [0.2, 0.25) is 0 Å². The van der Waals surface area contributed by atoms with Gasteiger partial charge in [-0.25, -0.2) is 0 Å². The van der Waals surface area contributed by atoms with E-state index in [4.69, 9.17) is 15.2 Å². The molecule has 1 fully saturated rings. The molecule has 4 heteroatoms. The second kappa shape index (κ2) is 7.10. The van der Waals surface area contributed by atoms with Crippen molar-refractivity contribution in [3.8, 4) is 0 Å². The summed E-state index contributed by atoms with van der Waals surface area (Å²) in [6.07, 6.45) is 5.67. The van der Waals surface area contributed by atoms with Crippen LogP contribution in [0.5, 0.6) is 0 Å². The van der Waals surface area contributed by atoms with E-state index in [9.17, 15) is 4.79 Å². The predicted molar refractivity (Wildman–Crippen MR) is 71.2 cm³/mol. The summed E-state index contributed by atoms with van der Waals surface area (Å²) in [6, 6.07) is 0. The van der Waals surface area contributed by atoms with Crippen molar-refractivity contribution in [1.29, 1.82) is 0 Å². The largest absolute Gasteiger partial charge is 0.465 e. The summed E-state index contributed by atoms with van der Waals surface area (Å²) in [7, 11) is 0. The molecule has 1 saturated carbocycles. The molecule has 0 saturated heterocycles. The Morgan fingerprint density at radius 3 is 2.67 bits per heavy atom. The fourth-order valence-electron chi connectivity index (χ4n) is 2.25. The van der Waals surface area contributed by atoms with Crippen molar-refractivity contribution < 1.29 is 14.3 Å². The first kappa shape index (κ1) is 15.4. The SMILES string of the molecule is CCOC(=O)C(C)(N)CC(C)OCCC1CCC1. The van der Waals surface area contributed by atoms with Crippen LogP contribution in [0.1, 0.15) is 52.9 Å². The summed E-state index contributed by atoms with van der Waals surface area (Å²) in [5, 5.41) is 0. The summed E-state index contributed by atoms with van der Waals surface area (Å²) in [6.45, 7) is 6.59. The minimum Gasteiger partial charge on any atom is -0.465 e. The van der Waals surface area contributed by atoms with E-state index in [1.807, 2.05) is 6.92 Å². The Morgan fingerprint density at radius 2 is 2.17 bits per heavy atom. The summed E-state index contributed by atoms with van der Waals surface area (Å²) >= 11 is 0. The molecule has 1 aliphatic carbocycles. The van der Waals surface area contributed by atoms with Crippen LogP contribution < -0.4 is 5.73 Å². The average Bonchev–Trinajstić information content (AvgIpc) is 2.21. The Kier molecular flexibility index (Phi) is 6.09. The lowest BCUT2D eigenvalue weighted by Gasteiger charge is -2.28. The second-order valence-corrected chi connectivity index (χ2v) is 5.61. The van der Waals surface area contributed by atoms with Crippen molar-refractivity contribution in [3.63, 3.8) is 0 Å². The van der Waals surface area contributed by atoms with Gasteiger partial charge in [0.25, 0.3) is 0 Å². The number of esters is 1. The number of hydrogen-bond donors (Lipinski definition) is 1. The third kappa shape index (κ3) is 4.94. The standard InChI is InChI=1S/C14H27NO3/c1-4-17-13(16)14(3,15)10-11(2)18-9-8-12-6-5-7-12/h11-12H,4-10,15H2,1-3H3. The van der Waals surface area contributed by atoms with Crippen LogP contribution in [0.15, 0.2) is 0 Å². The van der Waals surface area contributed by atoms with Gasteiger partial charge in [0.1, 0.15) is 5.54 Å².